The van der Waals surface area contributed by atoms with E-state index in [1.165, 1.54) is 103 Å². The standard InChI is InChI=1S/C30H61NO4/c1-3-5-7-9-11-12-13-14-15-16-18-20-22-24-29(34)28(26-32)31-30(35)25-27(33)23-21-19-17-10-8-6-4-2/h27-29,32-34H,3-26H2,1-2H3,(H,31,35)/t27?,28-,29+/m0/s1. The summed E-state index contributed by atoms with van der Waals surface area (Å²) in [4.78, 5) is 12.2. The molecule has 0 aliphatic carbocycles. The normalized spacial score (nSPS) is 14.1. The Morgan fingerprint density at radius 1 is 0.600 bits per heavy atom. The molecule has 0 fully saturated rings. The summed E-state index contributed by atoms with van der Waals surface area (Å²) in [7, 11) is 0. The van der Waals surface area contributed by atoms with Crippen LogP contribution in [0.15, 0.2) is 0 Å². The third-order valence-corrected chi connectivity index (χ3v) is 7.17. The van der Waals surface area contributed by atoms with Gasteiger partial charge in [0.1, 0.15) is 0 Å². The minimum absolute atomic E-state index is 0.0395. The van der Waals surface area contributed by atoms with E-state index in [4.69, 9.17) is 0 Å². The average molecular weight is 500 g/mol. The van der Waals surface area contributed by atoms with E-state index in [2.05, 4.69) is 19.2 Å². The lowest BCUT2D eigenvalue weighted by atomic mass is 10.0. The number of carbonyl (C=O) groups excluding carboxylic acids is 1. The third kappa shape index (κ3) is 23.5. The van der Waals surface area contributed by atoms with E-state index in [-0.39, 0.29) is 18.9 Å². The molecule has 0 heterocycles. The highest BCUT2D eigenvalue weighted by Crippen LogP contribution is 2.15. The van der Waals surface area contributed by atoms with Gasteiger partial charge in [-0.1, -0.05) is 142 Å². The van der Waals surface area contributed by atoms with Crippen molar-refractivity contribution in [2.24, 2.45) is 0 Å². The molecule has 1 amide bonds. The van der Waals surface area contributed by atoms with Crippen LogP contribution in [0.5, 0.6) is 0 Å². The number of nitrogens with one attached hydrogen (secondary N) is 1. The highest BCUT2D eigenvalue weighted by atomic mass is 16.3. The fourth-order valence-corrected chi connectivity index (χ4v) is 4.75. The van der Waals surface area contributed by atoms with Crippen LogP contribution in [0.4, 0.5) is 0 Å². The first-order valence-electron chi connectivity index (χ1n) is 15.3. The molecule has 0 rings (SSSR count). The lowest BCUT2D eigenvalue weighted by Crippen LogP contribution is -2.46. The molecule has 0 radical (unpaired) electrons. The van der Waals surface area contributed by atoms with Gasteiger partial charge in [-0.3, -0.25) is 4.79 Å². The van der Waals surface area contributed by atoms with Crippen LogP contribution in [-0.2, 0) is 4.79 Å². The number of rotatable bonds is 27. The zero-order valence-corrected chi connectivity index (χ0v) is 23.5. The van der Waals surface area contributed by atoms with Crippen LogP contribution >= 0.6 is 0 Å². The molecule has 0 aromatic carbocycles. The Bertz CT molecular complexity index is 446. The Balaban J connectivity index is 3.71. The van der Waals surface area contributed by atoms with Crippen molar-refractivity contribution in [1.29, 1.82) is 0 Å². The van der Waals surface area contributed by atoms with E-state index in [1.807, 2.05) is 0 Å². The predicted molar refractivity (Wildman–Crippen MR) is 149 cm³/mol. The molecule has 4 N–H and O–H groups in total. The van der Waals surface area contributed by atoms with Gasteiger partial charge < -0.3 is 20.6 Å². The van der Waals surface area contributed by atoms with Gasteiger partial charge in [-0.2, -0.15) is 0 Å². The lowest BCUT2D eigenvalue weighted by molar-refractivity contribution is -0.125. The maximum Gasteiger partial charge on any atom is 0.222 e. The number of hydrogen-bond donors (Lipinski definition) is 4. The van der Waals surface area contributed by atoms with Crippen molar-refractivity contribution in [1.82, 2.24) is 5.32 Å². The Morgan fingerprint density at radius 2 is 0.971 bits per heavy atom. The number of hydrogen-bond acceptors (Lipinski definition) is 4. The molecule has 35 heavy (non-hydrogen) atoms. The van der Waals surface area contributed by atoms with E-state index in [0.717, 1.165) is 25.7 Å². The van der Waals surface area contributed by atoms with Gasteiger partial charge >= 0.3 is 0 Å². The van der Waals surface area contributed by atoms with Gasteiger partial charge in [0.05, 0.1) is 31.3 Å². The lowest BCUT2D eigenvalue weighted by Gasteiger charge is -2.23. The van der Waals surface area contributed by atoms with E-state index >= 15 is 0 Å². The second-order valence-corrected chi connectivity index (χ2v) is 10.7. The maximum atomic E-state index is 12.2. The number of aliphatic hydroxyl groups is 3. The first-order valence-corrected chi connectivity index (χ1v) is 15.3. The summed E-state index contributed by atoms with van der Waals surface area (Å²) in [6.07, 6.45) is 24.8. The molecule has 5 nitrogen and oxygen atoms in total. The van der Waals surface area contributed by atoms with Gasteiger partial charge in [0.2, 0.25) is 5.91 Å². The zero-order valence-electron chi connectivity index (χ0n) is 23.5. The monoisotopic (exact) mass is 499 g/mol. The fourth-order valence-electron chi connectivity index (χ4n) is 4.75. The predicted octanol–water partition coefficient (Wildman–Crippen LogP) is 7.20. The molecular weight excluding hydrogens is 438 g/mol. The number of carbonyl (C=O) groups is 1. The smallest absolute Gasteiger partial charge is 0.222 e. The summed E-state index contributed by atoms with van der Waals surface area (Å²) in [5.41, 5.74) is 0. The minimum Gasteiger partial charge on any atom is -0.394 e. The molecule has 0 aromatic heterocycles. The molecule has 0 spiro atoms. The van der Waals surface area contributed by atoms with Gasteiger partial charge in [-0.15, -0.1) is 0 Å². The molecular formula is C30H61NO4. The average Bonchev–Trinajstić information content (AvgIpc) is 2.84. The molecule has 0 bridgehead atoms. The van der Waals surface area contributed by atoms with Crippen LogP contribution in [0.25, 0.3) is 0 Å². The maximum absolute atomic E-state index is 12.2. The SMILES string of the molecule is CCCCCCCCCCCCCCC[C@@H](O)[C@H](CO)NC(=O)CC(O)CCCCCCCCC. The molecule has 3 atom stereocenters. The Hall–Kier alpha value is -0.650. The molecule has 1 unspecified atom stereocenters. The summed E-state index contributed by atoms with van der Waals surface area (Å²) >= 11 is 0. The van der Waals surface area contributed by atoms with Gasteiger partial charge in [0.25, 0.3) is 0 Å². The molecule has 210 valence electrons. The van der Waals surface area contributed by atoms with Crippen molar-refractivity contribution in [3.8, 4) is 0 Å². The largest absolute Gasteiger partial charge is 0.394 e. The van der Waals surface area contributed by atoms with Crippen molar-refractivity contribution in [2.45, 2.75) is 180 Å². The van der Waals surface area contributed by atoms with Gasteiger partial charge in [-0.25, -0.2) is 0 Å². The third-order valence-electron chi connectivity index (χ3n) is 7.17. The van der Waals surface area contributed by atoms with E-state index < -0.39 is 18.2 Å². The molecule has 0 saturated carbocycles. The van der Waals surface area contributed by atoms with Crippen molar-refractivity contribution < 1.29 is 20.1 Å². The first-order chi connectivity index (χ1) is 17.0. The molecule has 5 heteroatoms. The van der Waals surface area contributed by atoms with Crippen LogP contribution in [0.2, 0.25) is 0 Å². The molecule has 0 aliphatic rings. The van der Waals surface area contributed by atoms with Crippen LogP contribution in [0, 0.1) is 0 Å². The van der Waals surface area contributed by atoms with Crippen LogP contribution in [-0.4, -0.2) is 46.1 Å². The van der Waals surface area contributed by atoms with E-state index in [9.17, 15) is 20.1 Å². The van der Waals surface area contributed by atoms with Crippen molar-refractivity contribution in [2.75, 3.05) is 6.61 Å². The van der Waals surface area contributed by atoms with Crippen molar-refractivity contribution >= 4 is 5.91 Å². The topological polar surface area (TPSA) is 89.8 Å². The van der Waals surface area contributed by atoms with Crippen LogP contribution < -0.4 is 5.32 Å². The Kier molecular flexibility index (Phi) is 25.9. The highest BCUT2D eigenvalue weighted by Gasteiger charge is 2.21. The number of unbranched alkanes of at least 4 members (excludes halogenated alkanes) is 18. The van der Waals surface area contributed by atoms with Crippen molar-refractivity contribution in [3.05, 3.63) is 0 Å². The summed E-state index contributed by atoms with van der Waals surface area (Å²) in [6, 6.07) is -0.648. The second-order valence-electron chi connectivity index (χ2n) is 10.7. The van der Waals surface area contributed by atoms with Crippen LogP contribution in [0.3, 0.4) is 0 Å². The zero-order chi connectivity index (χ0) is 26.0. The summed E-state index contributed by atoms with van der Waals surface area (Å²) in [6.45, 7) is 4.19. The summed E-state index contributed by atoms with van der Waals surface area (Å²) in [5.74, 6) is -0.288. The van der Waals surface area contributed by atoms with E-state index in [0.29, 0.717) is 12.8 Å². The highest BCUT2D eigenvalue weighted by molar-refractivity contribution is 5.76. The first kappa shape index (κ1) is 34.4. The fraction of sp³-hybridized carbons (Fsp3) is 0.967. The number of aliphatic hydroxyl groups excluding tert-OH is 3. The summed E-state index contributed by atoms with van der Waals surface area (Å²) < 4.78 is 0. The molecule has 0 saturated heterocycles. The van der Waals surface area contributed by atoms with Crippen molar-refractivity contribution in [3.63, 3.8) is 0 Å². The summed E-state index contributed by atoms with van der Waals surface area (Å²) in [5, 5.41) is 32.9. The Labute approximate surface area is 217 Å². The second kappa shape index (κ2) is 26.4. The molecule has 0 aliphatic heterocycles. The number of amides is 1. The minimum atomic E-state index is -0.739. The van der Waals surface area contributed by atoms with Gasteiger partial charge in [0.15, 0.2) is 0 Å². The van der Waals surface area contributed by atoms with Gasteiger partial charge in [0, 0.05) is 0 Å². The molecule has 0 aromatic rings. The van der Waals surface area contributed by atoms with E-state index in [1.54, 1.807) is 0 Å². The van der Waals surface area contributed by atoms with Gasteiger partial charge in [-0.05, 0) is 12.8 Å². The quantitative estimate of drug-likeness (QED) is 0.0900. The Morgan fingerprint density at radius 3 is 1.37 bits per heavy atom. The van der Waals surface area contributed by atoms with Crippen LogP contribution in [0.1, 0.15) is 162 Å².